The second-order valence-electron chi connectivity index (χ2n) is 5.95. The van der Waals surface area contributed by atoms with Crippen molar-refractivity contribution in [1.82, 2.24) is 0 Å². The highest BCUT2D eigenvalue weighted by molar-refractivity contribution is 8.22. The molecule has 0 spiro atoms. The van der Waals surface area contributed by atoms with Gasteiger partial charge in [-0.05, 0) is 54.1 Å². The van der Waals surface area contributed by atoms with Crippen LogP contribution in [0.4, 0.5) is 11.4 Å². The molecule has 0 aromatic heterocycles. The number of thioether (sulfide) groups is 1. The molecule has 3 nitrogen and oxygen atoms in total. The van der Waals surface area contributed by atoms with E-state index >= 15 is 0 Å². The van der Waals surface area contributed by atoms with Gasteiger partial charge in [-0.25, -0.2) is 4.99 Å². The van der Waals surface area contributed by atoms with Crippen molar-refractivity contribution >= 4 is 50.9 Å². The zero-order valence-electron chi connectivity index (χ0n) is 14.6. The Kier molecular flexibility index (Phi) is 5.19. The number of fused-ring (bicyclic) bond motifs is 1. The number of anilines is 1. The molecule has 0 saturated heterocycles. The van der Waals surface area contributed by atoms with Gasteiger partial charge < -0.3 is 10.1 Å². The van der Waals surface area contributed by atoms with Gasteiger partial charge in [-0.15, -0.1) is 0 Å². The molecule has 27 heavy (non-hydrogen) atoms. The summed E-state index contributed by atoms with van der Waals surface area (Å²) in [5.41, 5.74) is 4.03. The smallest absolute Gasteiger partial charge is 0.171 e. The van der Waals surface area contributed by atoms with E-state index in [4.69, 9.17) is 21.3 Å². The molecule has 3 aromatic carbocycles. The van der Waals surface area contributed by atoms with E-state index in [9.17, 15) is 0 Å². The fourth-order valence-corrected chi connectivity index (χ4v) is 3.92. The molecule has 134 valence electrons. The van der Waals surface area contributed by atoms with Crippen LogP contribution in [0.3, 0.4) is 0 Å². The molecule has 0 fully saturated rings. The maximum absolute atomic E-state index is 6.23. The van der Waals surface area contributed by atoms with Gasteiger partial charge >= 0.3 is 0 Å². The summed E-state index contributed by atoms with van der Waals surface area (Å²) in [7, 11) is 1.66. The Balaban J connectivity index is 1.69. The molecule has 4 rings (SSSR count). The first-order chi connectivity index (χ1) is 13.2. The third-order valence-corrected chi connectivity index (χ3v) is 5.27. The number of hydrogen-bond donors (Lipinski definition) is 1. The third kappa shape index (κ3) is 4.18. The van der Waals surface area contributed by atoms with Crippen molar-refractivity contribution in [2.75, 3.05) is 12.4 Å². The zero-order chi connectivity index (χ0) is 18.6. The summed E-state index contributed by atoms with van der Waals surface area (Å²) in [5, 5.41) is 4.91. The molecule has 0 amide bonds. The largest absolute Gasteiger partial charge is 0.497 e. The quantitative estimate of drug-likeness (QED) is 0.538. The first-order valence-electron chi connectivity index (χ1n) is 8.45. The lowest BCUT2D eigenvalue weighted by Gasteiger charge is -2.19. The third-order valence-electron chi connectivity index (χ3n) is 4.09. The van der Waals surface area contributed by atoms with Crippen LogP contribution in [0.5, 0.6) is 5.75 Å². The average molecular weight is 393 g/mol. The summed E-state index contributed by atoms with van der Waals surface area (Å²) in [4.78, 5) is 5.86. The van der Waals surface area contributed by atoms with Gasteiger partial charge in [-0.3, -0.25) is 0 Å². The van der Waals surface area contributed by atoms with Gasteiger partial charge in [0.1, 0.15) is 5.75 Å². The summed E-state index contributed by atoms with van der Waals surface area (Å²) in [6, 6.07) is 23.8. The number of hydrogen-bond acceptors (Lipinski definition) is 4. The second kappa shape index (κ2) is 7.91. The molecule has 0 saturated carbocycles. The molecular weight excluding hydrogens is 376 g/mol. The minimum absolute atomic E-state index is 0.704. The second-order valence-corrected chi connectivity index (χ2v) is 7.42. The number of nitrogens with one attached hydrogen (secondary N) is 1. The van der Waals surface area contributed by atoms with E-state index in [0.717, 1.165) is 38.3 Å². The van der Waals surface area contributed by atoms with Crippen molar-refractivity contribution in [3.05, 3.63) is 88.9 Å². The number of amidine groups is 1. The Morgan fingerprint density at radius 3 is 2.52 bits per heavy atom. The van der Waals surface area contributed by atoms with Gasteiger partial charge in [0.05, 0.1) is 12.8 Å². The van der Waals surface area contributed by atoms with Crippen LogP contribution in [0.15, 0.2) is 77.8 Å². The van der Waals surface area contributed by atoms with Crippen LogP contribution in [0.2, 0.25) is 5.02 Å². The minimum Gasteiger partial charge on any atom is -0.497 e. The lowest BCUT2D eigenvalue weighted by molar-refractivity contribution is 0.415. The molecule has 1 aliphatic rings. The molecule has 0 unspecified atom stereocenters. The van der Waals surface area contributed by atoms with Crippen molar-refractivity contribution in [3.63, 3.8) is 0 Å². The standard InChI is InChI=1S/C22H17ClN2OS/c1-26-18-10-8-17(9-11-18)24-22-25-20-12-7-16(23)14-19(20)21(27-22)13-15-5-3-2-4-6-15/h2-14H,1H3,(H,24,25)/b21-13-. The number of rotatable bonds is 3. The molecule has 3 aromatic rings. The van der Waals surface area contributed by atoms with Gasteiger partial charge in [0, 0.05) is 21.2 Å². The monoisotopic (exact) mass is 392 g/mol. The maximum Gasteiger partial charge on any atom is 0.171 e. The average Bonchev–Trinajstić information content (AvgIpc) is 2.70. The van der Waals surface area contributed by atoms with Crippen LogP contribution < -0.4 is 10.1 Å². The fraction of sp³-hybridized carbons (Fsp3) is 0.0455. The zero-order valence-corrected chi connectivity index (χ0v) is 16.2. The Labute approximate surface area is 167 Å². The number of benzene rings is 3. The number of halogens is 1. The van der Waals surface area contributed by atoms with Crippen LogP contribution in [0.25, 0.3) is 11.0 Å². The van der Waals surface area contributed by atoms with E-state index < -0.39 is 0 Å². The fourth-order valence-electron chi connectivity index (χ4n) is 2.75. The molecular formula is C22H17ClN2OS. The molecule has 0 atom stereocenters. The van der Waals surface area contributed by atoms with E-state index in [1.54, 1.807) is 18.9 Å². The van der Waals surface area contributed by atoms with Crippen LogP contribution in [-0.2, 0) is 0 Å². The van der Waals surface area contributed by atoms with Crippen LogP contribution in [0, 0.1) is 0 Å². The Morgan fingerprint density at radius 1 is 1.00 bits per heavy atom. The number of aliphatic imine (C=N–C) groups is 1. The number of nitrogens with zero attached hydrogens (tertiary/aromatic N) is 1. The molecule has 0 bridgehead atoms. The van der Waals surface area contributed by atoms with E-state index in [2.05, 4.69) is 23.5 Å². The highest BCUT2D eigenvalue weighted by Gasteiger charge is 2.18. The Hall–Kier alpha value is -2.69. The van der Waals surface area contributed by atoms with E-state index in [-0.39, 0.29) is 0 Å². The van der Waals surface area contributed by atoms with Gasteiger partial charge in [0.25, 0.3) is 0 Å². The van der Waals surface area contributed by atoms with Crippen molar-refractivity contribution < 1.29 is 4.74 Å². The van der Waals surface area contributed by atoms with Gasteiger partial charge in [0.15, 0.2) is 5.17 Å². The molecule has 5 heteroatoms. The van der Waals surface area contributed by atoms with Crippen molar-refractivity contribution in [2.45, 2.75) is 0 Å². The molecule has 0 aliphatic carbocycles. The first-order valence-corrected chi connectivity index (χ1v) is 9.65. The predicted octanol–water partition coefficient (Wildman–Crippen LogP) is 6.69. The Morgan fingerprint density at radius 2 is 1.78 bits per heavy atom. The summed E-state index contributed by atoms with van der Waals surface area (Å²) >= 11 is 7.82. The van der Waals surface area contributed by atoms with Crippen LogP contribution in [0.1, 0.15) is 11.1 Å². The molecule has 1 N–H and O–H groups in total. The summed E-state index contributed by atoms with van der Waals surface area (Å²) in [6.07, 6.45) is 2.16. The first kappa shape index (κ1) is 17.7. The van der Waals surface area contributed by atoms with E-state index in [1.165, 1.54) is 0 Å². The maximum atomic E-state index is 6.23. The van der Waals surface area contributed by atoms with Crippen molar-refractivity contribution in [3.8, 4) is 5.75 Å². The van der Waals surface area contributed by atoms with Gasteiger partial charge in [0.2, 0.25) is 0 Å². The van der Waals surface area contributed by atoms with E-state index in [0.29, 0.717) is 5.02 Å². The van der Waals surface area contributed by atoms with Crippen molar-refractivity contribution in [2.24, 2.45) is 4.99 Å². The number of ether oxygens (including phenoxy) is 1. The highest BCUT2D eigenvalue weighted by atomic mass is 35.5. The summed E-state index contributed by atoms with van der Waals surface area (Å²) < 4.78 is 5.22. The minimum atomic E-state index is 0.704. The van der Waals surface area contributed by atoms with E-state index in [1.807, 2.05) is 60.7 Å². The van der Waals surface area contributed by atoms with Gasteiger partial charge in [-0.2, -0.15) is 0 Å². The topological polar surface area (TPSA) is 33.6 Å². The SMILES string of the molecule is COc1ccc(NC2=Nc3ccc(Cl)cc3/C(=C/c3ccccc3)S2)cc1. The highest BCUT2D eigenvalue weighted by Crippen LogP contribution is 2.42. The molecule has 1 aliphatic heterocycles. The van der Waals surface area contributed by atoms with Gasteiger partial charge in [-0.1, -0.05) is 53.7 Å². The number of methoxy groups -OCH3 is 1. The lowest BCUT2D eigenvalue weighted by atomic mass is 10.1. The molecule has 0 radical (unpaired) electrons. The normalized spacial score (nSPS) is 14.4. The van der Waals surface area contributed by atoms with Crippen LogP contribution in [-0.4, -0.2) is 12.3 Å². The van der Waals surface area contributed by atoms with Crippen molar-refractivity contribution in [1.29, 1.82) is 0 Å². The Bertz CT molecular complexity index is 1010. The molecule has 1 heterocycles. The van der Waals surface area contributed by atoms with Crippen LogP contribution >= 0.6 is 23.4 Å². The lowest BCUT2D eigenvalue weighted by Crippen LogP contribution is -2.10. The summed E-state index contributed by atoms with van der Waals surface area (Å²) in [6.45, 7) is 0. The summed E-state index contributed by atoms with van der Waals surface area (Å²) in [5.74, 6) is 0.823. The predicted molar refractivity (Wildman–Crippen MR) is 117 cm³/mol.